The normalized spacial score (nSPS) is 16.7. The Morgan fingerprint density at radius 3 is 2.26 bits per heavy atom. The molecule has 1 nitrogen and oxygen atoms in total. The second-order valence-corrected chi connectivity index (χ2v) is 6.23. The molecular weight excluding hydrogens is 278 g/mol. The Labute approximate surface area is 141 Å². The van der Waals surface area contributed by atoms with E-state index in [4.69, 9.17) is 0 Å². The van der Waals surface area contributed by atoms with E-state index in [-0.39, 0.29) is 0 Å². The Balaban J connectivity index is 0.000000433. The van der Waals surface area contributed by atoms with E-state index in [2.05, 4.69) is 81.4 Å². The van der Waals surface area contributed by atoms with E-state index in [0.29, 0.717) is 5.92 Å². The maximum atomic E-state index is 3.36. The predicted molar refractivity (Wildman–Crippen MR) is 101 cm³/mol. The second kappa shape index (κ2) is 7.94. The zero-order valence-electron chi connectivity index (χ0n) is 14.5. The summed E-state index contributed by atoms with van der Waals surface area (Å²) in [7, 11) is 2.22. The van der Waals surface area contributed by atoms with Gasteiger partial charge in [-0.3, -0.25) is 0 Å². The highest BCUT2D eigenvalue weighted by atomic mass is 15.1. The first-order chi connectivity index (χ1) is 11.1. The molecule has 1 atom stereocenters. The summed E-state index contributed by atoms with van der Waals surface area (Å²) in [6.07, 6.45) is 3.28. The number of allylic oxidation sites excluding steroid dienone is 2. The molecule has 2 aromatic carbocycles. The van der Waals surface area contributed by atoms with Gasteiger partial charge in [-0.15, -0.1) is 0 Å². The van der Waals surface area contributed by atoms with Gasteiger partial charge in [-0.1, -0.05) is 67.8 Å². The van der Waals surface area contributed by atoms with Gasteiger partial charge in [-0.2, -0.15) is 0 Å². The van der Waals surface area contributed by atoms with Crippen LogP contribution in [0.2, 0.25) is 0 Å². The summed E-state index contributed by atoms with van der Waals surface area (Å²) in [5, 5.41) is 0. The predicted octanol–water partition coefficient (Wildman–Crippen LogP) is 5.24. The molecule has 23 heavy (non-hydrogen) atoms. The lowest BCUT2D eigenvalue weighted by Gasteiger charge is -2.34. The number of hydrogen-bond donors (Lipinski definition) is 0. The summed E-state index contributed by atoms with van der Waals surface area (Å²) in [5.74, 6) is 0.510. The quantitative estimate of drug-likeness (QED) is 0.686. The molecule has 0 aliphatic carbocycles. The van der Waals surface area contributed by atoms with Crippen LogP contribution in [-0.4, -0.2) is 18.5 Å². The first kappa shape index (κ1) is 17.2. The highest BCUT2D eigenvalue weighted by molar-refractivity contribution is 5.46. The number of fused-ring (bicyclic) bond motifs is 1. The van der Waals surface area contributed by atoms with Crippen molar-refractivity contribution < 1.29 is 0 Å². The van der Waals surface area contributed by atoms with E-state index in [0.717, 1.165) is 13.1 Å². The Bertz CT molecular complexity index is 678. The van der Waals surface area contributed by atoms with Crippen molar-refractivity contribution in [1.82, 2.24) is 4.90 Å². The second-order valence-electron chi connectivity index (χ2n) is 6.23. The standard InChI is InChI=1S/C18H21N.C4H6/c1-13-7-4-5-10-16(13)17-12-19(3)11-15-9-6-8-14(2)18(15)17;1-3-4-2/h4-10,17H,11-12H2,1-3H3;3-4H,1-2H2. The van der Waals surface area contributed by atoms with Gasteiger partial charge in [0.05, 0.1) is 0 Å². The monoisotopic (exact) mass is 305 g/mol. The molecule has 3 rings (SSSR count). The molecule has 120 valence electrons. The Hall–Kier alpha value is -2.12. The summed E-state index contributed by atoms with van der Waals surface area (Å²) in [6.45, 7) is 13.4. The van der Waals surface area contributed by atoms with Crippen molar-refractivity contribution in [2.75, 3.05) is 13.6 Å². The van der Waals surface area contributed by atoms with Crippen LogP contribution in [0.25, 0.3) is 0 Å². The average Bonchev–Trinajstić information content (AvgIpc) is 2.55. The minimum Gasteiger partial charge on any atom is -0.301 e. The summed E-state index contributed by atoms with van der Waals surface area (Å²) in [6, 6.07) is 15.5. The smallest absolute Gasteiger partial charge is 0.0234 e. The molecule has 1 heterocycles. The van der Waals surface area contributed by atoms with Gasteiger partial charge in [-0.05, 0) is 48.7 Å². The minimum absolute atomic E-state index is 0.510. The number of hydrogen-bond acceptors (Lipinski definition) is 1. The molecule has 0 bridgehead atoms. The number of nitrogens with zero attached hydrogens (tertiary/aromatic N) is 1. The zero-order chi connectivity index (χ0) is 16.8. The van der Waals surface area contributed by atoms with E-state index in [1.165, 1.54) is 22.3 Å². The molecule has 0 spiro atoms. The Morgan fingerprint density at radius 1 is 0.957 bits per heavy atom. The van der Waals surface area contributed by atoms with E-state index >= 15 is 0 Å². The zero-order valence-corrected chi connectivity index (χ0v) is 14.5. The van der Waals surface area contributed by atoms with Crippen LogP contribution in [0, 0.1) is 13.8 Å². The number of likely N-dealkylation sites (N-methyl/N-ethyl adjacent to an activating group) is 1. The summed E-state index contributed by atoms with van der Waals surface area (Å²) >= 11 is 0. The molecule has 1 aliphatic heterocycles. The topological polar surface area (TPSA) is 3.24 Å². The molecule has 0 radical (unpaired) electrons. The van der Waals surface area contributed by atoms with Crippen molar-refractivity contribution >= 4 is 0 Å². The van der Waals surface area contributed by atoms with Crippen LogP contribution in [0.15, 0.2) is 67.8 Å². The van der Waals surface area contributed by atoms with Crippen LogP contribution in [0.5, 0.6) is 0 Å². The summed E-state index contributed by atoms with van der Waals surface area (Å²) < 4.78 is 0. The van der Waals surface area contributed by atoms with Gasteiger partial charge in [-0.25, -0.2) is 0 Å². The molecule has 1 heteroatoms. The van der Waals surface area contributed by atoms with E-state index < -0.39 is 0 Å². The number of aryl methyl sites for hydroxylation is 2. The molecule has 0 fully saturated rings. The lowest BCUT2D eigenvalue weighted by molar-refractivity contribution is 0.294. The average molecular weight is 305 g/mol. The fraction of sp³-hybridized carbons (Fsp3) is 0.273. The highest BCUT2D eigenvalue weighted by Crippen LogP contribution is 2.36. The molecule has 0 aromatic heterocycles. The van der Waals surface area contributed by atoms with Gasteiger partial charge in [0, 0.05) is 19.0 Å². The molecule has 1 unspecified atom stereocenters. The van der Waals surface area contributed by atoms with Crippen molar-refractivity contribution in [3.8, 4) is 0 Å². The van der Waals surface area contributed by atoms with Gasteiger partial charge in [0.2, 0.25) is 0 Å². The third kappa shape index (κ3) is 4.00. The minimum atomic E-state index is 0.510. The van der Waals surface area contributed by atoms with Crippen molar-refractivity contribution in [1.29, 1.82) is 0 Å². The van der Waals surface area contributed by atoms with Crippen LogP contribution in [0.3, 0.4) is 0 Å². The van der Waals surface area contributed by atoms with E-state index in [9.17, 15) is 0 Å². The Morgan fingerprint density at radius 2 is 1.61 bits per heavy atom. The molecule has 0 saturated carbocycles. The largest absolute Gasteiger partial charge is 0.301 e. The van der Waals surface area contributed by atoms with Crippen molar-refractivity contribution in [3.05, 3.63) is 95.6 Å². The fourth-order valence-corrected chi connectivity index (χ4v) is 3.37. The Kier molecular flexibility index (Phi) is 5.95. The lowest BCUT2D eigenvalue weighted by atomic mass is 9.81. The van der Waals surface area contributed by atoms with Crippen molar-refractivity contribution in [2.24, 2.45) is 0 Å². The van der Waals surface area contributed by atoms with Crippen molar-refractivity contribution in [2.45, 2.75) is 26.3 Å². The summed E-state index contributed by atoms with van der Waals surface area (Å²) in [5.41, 5.74) is 7.34. The molecule has 1 aliphatic rings. The maximum Gasteiger partial charge on any atom is 0.0234 e. The van der Waals surface area contributed by atoms with Gasteiger partial charge in [0.1, 0.15) is 0 Å². The first-order valence-electron chi connectivity index (χ1n) is 8.14. The summed E-state index contributed by atoms with van der Waals surface area (Å²) in [4.78, 5) is 2.43. The molecule has 0 amide bonds. The van der Waals surface area contributed by atoms with Gasteiger partial charge >= 0.3 is 0 Å². The van der Waals surface area contributed by atoms with Crippen LogP contribution in [0.1, 0.15) is 33.7 Å². The van der Waals surface area contributed by atoms with Crippen LogP contribution in [0.4, 0.5) is 0 Å². The molecule has 0 saturated heterocycles. The number of rotatable bonds is 2. The maximum absolute atomic E-state index is 3.36. The lowest BCUT2D eigenvalue weighted by Crippen LogP contribution is -2.31. The van der Waals surface area contributed by atoms with Crippen molar-refractivity contribution in [3.63, 3.8) is 0 Å². The SMILES string of the molecule is C=CC=C.Cc1ccccc1C1CN(C)Cc2cccc(C)c21. The first-order valence-corrected chi connectivity index (χ1v) is 8.14. The fourth-order valence-electron chi connectivity index (χ4n) is 3.37. The van der Waals surface area contributed by atoms with Crippen LogP contribution < -0.4 is 0 Å². The third-order valence-corrected chi connectivity index (χ3v) is 4.43. The third-order valence-electron chi connectivity index (χ3n) is 4.43. The van der Waals surface area contributed by atoms with Gasteiger partial charge in [0.25, 0.3) is 0 Å². The van der Waals surface area contributed by atoms with E-state index in [1.807, 2.05) is 0 Å². The van der Waals surface area contributed by atoms with E-state index in [1.54, 1.807) is 17.7 Å². The van der Waals surface area contributed by atoms with Gasteiger partial charge in [0.15, 0.2) is 0 Å². The van der Waals surface area contributed by atoms with Gasteiger partial charge < -0.3 is 4.90 Å². The van der Waals surface area contributed by atoms with Crippen LogP contribution in [-0.2, 0) is 6.54 Å². The van der Waals surface area contributed by atoms with Crippen LogP contribution >= 0.6 is 0 Å². The highest BCUT2D eigenvalue weighted by Gasteiger charge is 2.26. The molecule has 2 aromatic rings. The number of benzene rings is 2. The molecule has 0 N–H and O–H groups in total. The molecular formula is C22H27N.